The third-order valence-electron chi connectivity index (χ3n) is 2.10. The number of hydrogen-bond donors (Lipinski definition) is 0. The molecule has 0 bridgehead atoms. The molecular weight excluding hydrogens is 283 g/mol. The van der Waals surface area contributed by atoms with Crippen LogP contribution in [0, 0.1) is 0 Å². The molecule has 0 aromatic rings. The molecule has 0 aliphatic heterocycles. The summed E-state index contributed by atoms with van der Waals surface area (Å²) in [4.78, 5) is 0. The first kappa shape index (κ1) is 13.7. The van der Waals surface area contributed by atoms with Crippen LogP contribution in [0.2, 0.25) is 49.3 Å². The quantitative estimate of drug-likeness (QED) is 0.537. The zero-order chi connectivity index (χ0) is 9.83. The minimum atomic E-state index is -0.521. The van der Waals surface area contributed by atoms with Crippen LogP contribution in [0.25, 0.3) is 0 Å². The van der Waals surface area contributed by atoms with Crippen molar-refractivity contribution in [3.8, 4) is 0 Å². The van der Waals surface area contributed by atoms with E-state index in [1.165, 1.54) is 0 Å². The van der Waals surface area contributed by atoms with Crippen LogP contribution in [-0.2, 0) is 32.9 Å². The minimum absolute atomic E-state index is 0.0256. The van der Waals surface area contributed by atoms with Gasteiger partial charge < -0.3 is 0 Å². The predicted octanol–water partition coefficient (Wildman–Crippen LogP) is 3.66. The van der Waals surface area contributed by atoms with Crippen LogP contribution in [0.4, 0.5) is 0 Å². The Morgan fingerprint density at radius 3 is 1.08 bits per heavy atom. The van der Waals surface area contributed by atoms with E-state index in [1.807, 2.05) is 0 Å². The van der Waals surface area contributed by atoms with E-state index in [1.54, 1.807) is 10.0 Å². The van der Waals surface area contributed by atoms with Gasteiger partial charge in [0.2, 0.25) is 0 Å². The van der Waals surface area contributed by atoms with Gasteiger partial charge in [0.25, 0.3) is 0 Å². The summed E-state index contributed by atoms with van der Waals surface area (Å²) in [5.41, 5.74) is 0. The maximum absolute atomic E-state index is 2.58. The molecule has 0 N–H and O–H groups in total. The summed E-state index contributed by atoms with van der Waals surface area (Å²) in [5.74, 6) is 0. The van der Waals surface area contributed by atoms with E-state index in [4.69, 9.17) is 0 Å². The van der Waals surface area contributed by atoms with E-state index in [0.29, 0.717) is 0 Å². The standard InChI is InChI=1S/2C3H9Si.C2H4.2Zn/c2*1-4(2)3;1-2;;/h2*1-3H3;1-2H2;;. The molecule has 0 aliphatic carbocycles. The molecule has 0 fully saturated rings. The third-order valence-corrected chi connectivity index (χ3v) is 35.6. The fraction of sp³-hybridized carbons (Fsp3) is 1.00. The van der Waals surface area contributed by atoms with Crippen molar-refractivity contribution in [2.45, 2.75) is 49.3 Å². The Labute approximate surface area is 94.1 Å². The molecule has 0 aromatic heterocycles. The van der Waals surface area contributed by atoms with Crippen LogP contribution in [0.15, 0.2) is 0 Å². The van der Waals surface area contributed by atoms with Gasteiger partial charge in [0.15, 0.2) is 0 Å². The number of hydrogen-bond acceptors (Lipinski definition) is 0. The van der Waals surface area contributed by atoms with Crippen LogP contribution in [0.1, 0.15) is 0 Å². The van der Waals surface area contributed by atoms with Crippen molar-refractivity contribution >= 4 is 12.6 Å². The summed E-state index contributed by atoms with van der Waals surface area (Å²) >= 11 is -0.0511. The first-order valence-corrected chi connectivity index (χ1v) is 25.7. The van der Waals surface area contributed by atoms with Gasteiger partial charge in [0.05, 0.1) is 0 Å². The SMILES string of the molecule is C[Si](C)(C)[Zn][CH2][CH2][Zn][Si](C)(C)C. The Kier molecular flexibility index (Phi) is 6.31. The molecule has 0 unspecified atom stereocenters. The van der Waals surface area contributed by atoms with Gasteiger partial charge in [-0.05, 0) is 0 Å². The van der Waals surface area contributed by atoms with Crippen molar-refractivity contribution in [2.24, 2.45) is 0 Å². The normalized spacial score (nSPS) is 12.2. The average Bonchev–Trinajstić information content (AvgIpc) is 1.76. The molecule has 0 saturated heterocycles. The summed E-state index contributed by atoms with van der Waals surface area (Å²) in [5, 5.41) is 3.51. The van der Waals surface area contributed by atoms with Gasteiger partial charge in [-0.15, -0.1) is 0 Å². The average molecular weight is 305 g/mol. The molecular formula is C8H22Si2Zn2. The van der Waals surface area contributed by atoms with Gasteiger partial charge in [-0.1, -0.05) is 0 Å². The Morgan fingerprint density at radius 2 is 0.917 bits per heavy atom. The first-order valence-electron chi connectivity index (χ1n) is 5.21. The maximum atomic E-state index is 2.58. The summed E-state index contributed by atoms with van der Waals surface area (Å²) in [6, 6.07) is 0. The van der Waals surface area contributed by atoms with Crippen molar-refractivity contribution in [3.63, 3.8) is 0 Å². The second-order valence-corrected chi connectivity index (χ2v) is 53.5. The monoisotopic (exact) mass is 302 g/mol. The van der Waals surface area contributed by atoms with Gasteiger partial charge in [0.1, 0.15) is 0 Å². The van der Waals surface area contributed by atoms with E-state index in [0.717, 1.165) is 0 Å². The van der Waals surface area contributed by atoms with E-state index >= 15 is 0 Å². The Hall–Kier alpha value is 1.68. The molecule has 66 valence electrons. The second kappa shape index (κ2) is 5.53. The second-order valence-electron chi connectivity index (χ2n) is 6.33. The van der Waals surface area contributed by atoms with Crippen LogP contribution in [-0.4, -0.2) is 12.6 Å². The molecule has 0 amide bonds. The van der Waals surface area contributed by atoms with E-state index < -0.39 is 12.6 Å². The van der Waals surface area contributed by atoms with Crippen molar-refractivity contribution < 1.29 is 32.9 Å². The zero-order valence-corrected chi connectivity index (χ0v) is 17.8. The van der Waals surface area contributed by atoms with E-state index in [9.17, 15) is 0 Å². The van der Waals surface area contributed by atoms with Crippen LogP contribution in [0.3, 0.4) is 0 Å². The van der Waals surface area contributed by atoms with Crippen molar-refractivity contribution in [1.82, 2.24) is 0 Å². The van der Waals surface area contributed by atoms with E-state index in [2.05, 4.69) is 39.3 Å². The van der Waals surface area contributed by atoms with E-state index in [-0.39, 0.29) is 32.9 Å². The van der Waals surface area contributed by atoms with Gasteiger partial charge in [-0.3, -0.25) is 0 Å². The first-order chi connectivity index (χ1) is 5.21. The Balaban J connectivity index is 3.35. The molecule has 0 aliphatic rings. The summed E-state index contributed by atoms with van der Waals surface area (Å²) in [7, 11) is 0. The van der Waals surface area contributed by atoms with Gasteiger partial charge >= 0.3 is 94.8 Å². The Morgan fingerprint density at radius 1 is 0.667 bits per heavy atom. The number of rotatable bonds is 5. The van der Waals surface area contributed by atoms with Crippen molar-refractivity contribution in [1.29, 1.82) is 0 Å². The molecule has 0 aromatic carbocycles. The van der Waals surface area contributed by atoms with Crippen LogP contribution >= 0.6 is 0 Å². The summed E-state index contributed by atoms with van der Waals surface area (Å²) < 4.78 is 0. The Bertz CT molecular complexity index is 108. The molecule has 4 heteroatoms. The topological polar surface area (TPSA) is 0 Å². The van der Waals surface area contributed by atoms with Crippen molar-refractivity contribution in [2.75, 3.05) is 0 Å². The summed E-state index contributed by atoms with van der Waals surface area (Å²) in [6.07, 6.45) is -1.04. The molecule has 0 heterocycles. The summed E-state index contributed by atoms with van der Waals surface area (Å²) in [6.45, 7) is 15.5. The van der Waals surface area contributed by atoms with Crippen LogP contribution in [0.5, 0.6) is 0 Å². The zero-order valence-electron chi connectivity index (χ0n) is 9.83. The third kappa shape index (κ3) is 11.7. The van der Waals surface area contributed by atoms with Gasteiger partial charge in [-0.25, -0.2) is 0 Å². The predicted molar refractivity (Wildman–Crippen MR) is 56.3 cm³/mol. The molecule has 0 atom stereocenters. The fourth-order valence-corrected chi connectivity index (χ4v) is 36.8. The molecule has 0 nitrogen and oxygen atoms in total. The van der Waals surface area contributed by atoms with Crippen molar-refractivity contribution in [3.05, 3.63) is 0 Å². The van der Waals surface area contributed by atoms with Gasteiger partial charge in [-0.2, -0.15) is 0 Å². The van der Waals surface area contributed by atoms with Crippen LogP contribution < -0.4 is 0 Å². The molecule has 0 radical (unpaired) electrons. The fourth-order valence-electron chi connectivity index (χ4n) is 1.31. The molecule has 0 rings (SSSR count). The molecule has 0 saturated carbocycles. The molecule has 12 heavy (non-hydrogen) atoms. The van der Waals surface area contributed by atoms with Gasteiger partial charge in [0, 0.05) is 0 Å². The molecule has 0 spiro atoms.